The fraction of sp³-hybridized carbons (Fsp3) is 0.350. The molecule has 0 saturated heterocycles. The van der Waals surface area contributed by atoms with Crippen molar-refractivity contribution in [3.63, 3.8) is 0 Å². The van der Waals surface area contributed by atoms with Gasteiger partial charge in [0.25, 0.3) is 5.91 Å². The van der Waals surface area contributed by atoms with E-state index in [-0.39, 0.29) is 11.8 Å². The van der Waals surface area contributed by atoms with Gasteiger partial charge in [0, 0.05) is 12.2 Å². The van der Waals surface area contributed by atoms with Gasteiger partial charge in [-0.2, -0.15) is 0 Å². The highest BCUT2D eigenvalue weighted by molar-refractivity contribution is 6.00. The van der Waals surface area contributed by atoms with Gasteiger partial charge in [-0.1, -0.05) is 44.2 Å². The molecule has 126 valence electrons. The van der Waals surface area contributed by atoms with Crippen molar-refractivity contribution in [2.75, 3.05) is 17.2 Å². The average Bonchev–Trinajstić information content (AvgIpc) is 2.57. The number of nitrogen functional groups attached to an aromatic ring is 1. The number of carbonyl (C=O) groups is 1. The zero-order valence-corrected chi connectivity index (χ0v) is 14.2. The van der Waals surface area contributed by atoms with Crippen molar-refractivity contribution in [2.24, 2.45) is 5.92 Å². The van der Waals surface area contributed by atoms with Crippen molar-refractivity contribution in [1.82, 2.24) is 0 Å². The molecule has 24 heavy (non-hydrogen) atoms. The summed E-state index contributed by atoms with van der Waals surface area (Å²) in [6.45, 7) is 4.68. The third-order valence-electron chi connectivity index (χ3n) is 4.33. The van der Waals surface area contributed by atoms with Gasteiger partial charge in [0.1, 0.15) is 5.75 Å². The third-order valence-corrected chi connectivity index (χ3v) is 4.33. The molecule has 1 aliphatic heterocycles. The lowest BCUT2D eigenvalue weighted by Crippen LogP contribution is -2.48. The summed E-state index contributed by atoms with van der Waals surface area (Å²) >= 11 is 0. The highest BCUT2D eigenvalue weighted by atomic mass is 16.5. The van der Waals surface area contributed by atoms with E-state index in [1.807, 2.05) is 55.1 Å². The lowest BCUT2D eigenvalue weighted by molar-refractivity contribution is -0.128. The summed E-state index contributed by atoms with van der Waals surface area (Å²) in [5, 5.41) is 0. The first-order valence-corrected chi connectivity index (χ1v) is 8.48. The summed E-state index contributed by atoms with van der Waals surface area (Å²) in [6.07, 6.45) is 1.41. The van der Waals surface area contributed by atoms with Crippen LogP contribution in [0, 0.1) is 5.92 Å². The van der Waals surface area contributed by atoms with Crippen LogP contribution in [0.1, 0.15) is 25.8 Å². The smallest absolute Gasteiger partial charge is 0.268 e. The molecule has 1 unspecified atom stereocenters. The highest BCUT2D eigenvalue weighted by Gasteiger charge is 2.36. The molecule has 0 fully saturated rings. The van der Waals surface area contributed by atoms with Gasteiger partial charge >= 0.3 is 0 Å². The second-order valence-corrected chi connectivity index (χ2v) is 6.59. The SMILES string of the molecule is CC(C)C1Oc2ccc(N)cc2N(CCCc2ccccc2)C1=O. The number of nitrogens with zero attached hydrogens (tertiary/aromatic N) is 1. The van der Waals surface area contributed by atoms with Crippen LogP contribution in [0.3, 0.4) is 0 Å². The van der Waals surface area contributed by atoms with Crippen LogP contribution in [-0.4, -0.2) is 18.6 Å². The molecule has 4 nitrogen and oxygen atoms in total. The van der Waals surface area contributed by atoms with Crippen LogP contribution >= 0.6 is 0 Å². The number of nitrogens with two attached hydrogens (primary N) is 1. The molecular formula is C20H24N2O2. The Morgan fingerprint density at radius 2 is 1.92 bits per heavy atom. The van der Waals surface area contributed by atoms with Gasteiger partial charge in [0.15, 0.2) is 6.10 Å². The molecule has 1 heterocycles. The first-order valence-electron chi connectivity index (χ1n) is 8.48. The van der Waals surface area contributed by atoms with E-state index in [9.17, 15) is 4.79 Å². The van der Waals surface area contributed by atoms with E-state index in [4.69, 9.17) is 10.5 Å². The number of benzene rings is 2. The summed E-state index contributed by atoms with van der Waals surface area (Å²) in [5.41, 5.74) is 8.62. The van der Waals surface area contributed by atoms with Crippen LogP contribution in [0.5, 0.6) is 5.75 Å². The van der Waals surface area contributed by atoms with E-state index in [1.165, 1.54) is 5.56 Å². The number of amides is 1. The van der Waals surface area contributed by atoms with E-state index in [2.05, 4.69) is 12.1 Å². The molecule has 2 N–H and O–H groups in total. The monoisotopic (exact) mass is 324 g/mol. The zero-order chi connectivity index (χ0) is 17.1. The summed E-state index contributed by atoms with van der Waals surface area (Å²) < 4.78 is 5.91. The van der Waals surface area contributed by atoms with Gasteiger partial charge in [-0.25, -0.2) is 0 Å². The van der Waals surface area contributed by atoms with Crippen LogP contribution in [0.25, 0.3) is 0 Å². The summed E-state index contributed by atoms with van der Waals surface area (Å²) in [5.74, 6) is 0.887. The van der Waals surface area contributed by atoms with Crippen molar-refractivity contribution in [2.45, 2.75) is 32.8 Å². The van der Waals surface area contributed by atoms with E-state index in [0.717, 1.165) is 24.3 Å². The van der Waals surface area contributed by atoms with Crippen LogP contribution in [-0.2, 0) is 11.2 Å². The summed E-state index contributed by atoms with van der Waals surface area (Å²) in [7, 11) is 0. The van der Waals surface area contributed by atoms with E-state index < -0.39 is 6.10 Å². The number of hydrogen-bond donors (Lipinski definition) is 1. The number of ether oxygens (including phenoxy) is 1. The van der Waals surface area contributed by atoms with Crippen LogP contribution < -0.4 is 15.4 Å². The molecule has 0 bridgehead atoms. The average molecular weight is 324 g/mol. The lowest BCUT2D eigenvalue weighted by Gasteiger charge is -2.36. The molecular weight excluding hydrogens is 300 g/mol. The zero-order valence-electron chi connectivity index (χ0n) is 14.2. The molecule has 4 heteroatoms. The maximum atomic E-state index is 12.8. The van der Waals surface area contributed by atoms with Gasteiger partial charge in [-0.3, -0.25) is 4.79 Å². The second-order valence-electron chi connectivity index (χ2n) is 6.59. The molecule has 0 aromatic heterocycles. The fourth-order valence-electron chi connectivity index (χ4n) is 3.04. The minimum Gasteiger partial charge on any atom is -0.478 e. The molecule has 1 amide bonds. The van der Waals surface area contributed by atoms with Crippen LogP contribution in [0.2, 0.25) is 0 Å². The Morgan fingerprint density at radius 3 is 2.62 bits per heavy atom. The highest BCUT2D eigenvalue weighted by Crippen LogP contribution is 2.37. The van der Waals surface area contributed by atoms with Crippen molar-refractivity contribution < 1.29 is 9.53 Å². The van der Waals surface area contributed by atoms with Crippen LogP contribution in [0.4, 0.5) is 11.4 Å². The van der Waals surface area contributed by atoms with Crippen molar-refractivity contribution in [3.8, 4) is 5.75 Å². The fourth-order valence-corrected chi connectivity index (χ4v) is 3.04. The van der Waals surface area contributed by atoms with Crippen molar-refractivity contribution in [1.29, 1.82) is 0 Å². The first-order chi connectivity index (χ1) is 11.6. The minimum absolute atomic E-state index is 0.0242. The molecule has 1 aliphatic rings. The van der Waals surface area contributed by atoms with Gasteiger partial charge in [0.05, 0.1) is 5.69 Å². The molecule has 2 aromatic carbocycles. The Hall–Kier alpha value is -2.49. The molecule has 0 radical (unpaired) electrons. The molecule has 3 rings (SSSR count). The Balaban J connectivity index is 1.79. The number of carbonyl (C=O) groups excluding carboxylic acids is 1. The molecule has 0 spiro atoms. The Morgan fingerprint density at radius 1 is 1.17 bits per heavy atom. The Labute approximate surface area is 143 Å². The predicted octanol–water partition coefficient (Wildman–Crippen LogP) is 3.65. The van der Waals surface area contributed by atoms with Gasteiger partial charge in [-0.15, -0.1) is 0 Å². The first kappa shape index (κ1) is 16.4. The Bertz CT molecular complexity index is 713. The minimum atomic E-state index is -0.433. The van der Waals surface area contributed by atoms with E-state index in [0.29, 0.717) is 12.2 Å². The third kappa shape index (κ3) is 3.37. The molecule has 0 saturated carbocycles. The number of fused-ring (bicyclic) bond motifs is 1. The topological polar surface area (TPSA) is 55.6 Å². The lowest BCUT2D eigenvalue weighted by atomic mass is 10.0. The number of hydrogen-bond acceptors (Lipinski definition) is 3. The summed E-state index contributed by atoms with van der Waals surface area (Å²) in [6, 6.07) is 15.8. The molecule has 0 aliphatic carbocycles. The van der Waals surface area contributed by atoms with Crippen molar-refractivity contribution >= 4 is 17.3 Å². The normalized spacial score (nSPS) is 16.9. The molecule has 1 atom stereocenters. The van der Waals surface area contributed by atoms with E-state index in [1.54, 1.807) is 0 Å². The van der Waals surface area contributed by atoms with Gasteiger partial charge in [-0.05, 0) is 42.5 Å². The van der Waals surface area contributed by atoms with Crippen molar-refractivity contribution in [3.05, 3.63) is 54.1 Å². The quantitative estimate of drug-likeness (QED) is 0.854. The number of rotatable bonds is 5. The number of aryl methyl sites for hydroxylation is 1. The molecule has 2 aromatic rings. The van der Waals surface area contributed by atoms with Gasteiger partial charge < -0.3 is 15.4 Å². The summed E-state index contributed by atoms with van der Waals surface area (Å²) in [4.78, 5) is 14.7. The largest absolute Gasteiger partial charge is 0.478 e. The van der Waals surface area contributed by atoms with E-state index >= 15 is 0 Å². The second kappa shape index (κ2) is 6.95. The maximum absolute atomic E-state index is 12.8. The maximum Gasteiger partial charge on any atom is 0.268 e. The van der Waals surface area contributed by atoms with Crippen LogP contribution in [0.15, 0.2) is 48.5 Å². The number of anilines is 2. The standard InChI is InChI=1S/C20H24N2O2/c1-14(2)19-20(23)22(12-6-9-15-7-4-3-5-8-15)17-13-16(21)10-11-18(17)24-19/h3-5,7-8,10-11,13-14,19H,6,9,12,21H2,1-2H3. The van der Waals surface area contributed by atoms with Gasteiger partial charge in [0.2, 0.25) is 0 Å². The predicted molar refractivity (Wildman–Crippen MR) is 97.2 cm³/mol. The Kier molecular flexibility index (Phi) is 4.74.